The maximum atomic E-state index is 13.1. The first-order valence-electron chi connectivity index (χ1n) is 4.37. The lowest BCUT2D eigenvalue weighted by Gasteiger charge is -2.18. The van der Waals surface area contributed by atoms with Crippen LogP contribution < -0.4 is 5.32 Å². The lowest BCUT2D eigenvalue weighted by molar-refractivity contribution is -0.267. The van der Waals surface area contributed by atoms with Crippen LogP contribution in [0.15, 0.2) is 16.6 Å². The molecule has 1 aromatic rings. The number of anilines is 1. The Morgan fingerprint density at radius 3 is 2.05 bits per heavy atom. The third kappa shape index (κ3) is 3.17. The number of nitrogens with one attached hydrogen (secondary N) is 1. The lowest BCUT2D eigenvalue weighted by Crippen LogP contribution is -2.47. The quantitative estimate of drug-likeness (QED) is 0.634. The molecule has 1 rings (SSSR count). The van der Waals surface area contributed by atoms with E-state index in [9.17, 15) is 35.5 Å². The first-order valence-corrected chi connectivity index (χ1v) is 5.16. The molecule has 106 valence electrons. The topological polar surface area (TPSA) is 29.1 Å². The highest BCUT2D eigenvalue weighted by atomic mass is 79.9. The second-order valence-electron chi connectivity index (χ2n) is 3.27. The van der Waals surface area contributed by atoms with Gasteiger partial charge >= 0.3 is 18.0 Å². The van der Waals surface area contributed by atoms with Gasteiger partial charge in [0.25, 0.3) is 0 Å². The summed E-state index contributed by atoms with van der Waals surface area (Å²) >= 11 is 2.56. The van der Waals surface area contributed by atoms with Crippen molar-refractivity contribution in [2.45, 2.75) is 12.1 Å². The maximum Gasteiger partial charge on any atom is 0.463 e. The molecular formula is C9H3BrF7NO. The molecule has 0 aliphatic heterocycles. The van der Waals surface area contributed by atoms with E-state index in [1.54, 1.807) is 0 Å². The van der Waals surface area contributed by atoms with Crippen LogP contribution in [0.3, 0.4) is 0 Å². The number of carbonyl (C=O) groups excluding carboxylic acids is 1. The molecule has 0 heterocycles. The van der Waals surface area contributed by atoms with E-state index in [1.807, 2.05) is 0 Å². The SMILES string of the molecule is O=C(Nc1cc(F)c(Br)cc1F)C(F)(F)C(F)(F)F. The largest absolute Gasteiger partial charge is 0.463 e. The van der Waals surface area contributed by atoms with Gasteiger partial charge in [0.2, 0.25) is 0 Å². The van der Waals surface area contributed by atoms with Gasteiger partial charge < -0.3 is 5.32 Å². The van der Waals surface area contributed by atoms with Gasteiger partial charge in [0.05, 0.1) is 10.2 Å². The van der Waals surface area contributed by atoms with Crippen LogP contribution >= 0.6 is 15.9 Å². The van der Waals surface area contributed by atoms with Gasteiger partial charge in [0.1, 0.15) is 11.6 Å². The average molecular weight is 354 g/mol. The minimum Gasteiger partial charge on any atom is -0.318 e. The number of benzene rings is 1. The van der Waals surface area contributed by atoms with Crippen LogP contribution in [0.25, 0.3) is 0 Å². The molecular weight excluding hydrogens is 351 g/mol. The Hall–Kier alpha value is -1.32. The Balaban J connectivity index is 3.05. The van der Waals surface area contributed by atoms with Crippen LogP contribution in [0.1, 0.15) is 0 Å². The van der Waals surface area contributed by atoms with E-state index in [-0.39, 0.29) is 10.5 Å². The van der Waals surface area contributed by atoms with Crippen molar-refractivity contribution in [1.29, 1.82) is 0 Å². The number of hydrogen-bond acceptors (Lipinski definition) is 1. The van der Waals surface area contributed by atoms with E-state index < -0.39 is 35.3 Å². The molecule has 0 radical (unpaired) electrons. The molecule has 0 saturated heterocycles. The van der Waals surface area contributed by atoms with Crippen LogP contribution in [-0.4, -0.2) is 18.0 Å². The standard InChI is InChI=1S/C9H3BrF7NO/c10-3-1-5(12)6(2-4(3)11)18-7(19)8(13,14)9(15,16)17/h1-2H,(H,18,19). The minimum absolute atomic E-state index is 0.268. The Morgan fingerprint density at radius 2 is 1.58 bits per heavy atom. The first kappa shape index (κ1) is 15.7. The zero-order chi connectivity index (χ0) is 15.0. The summed E-state index contributed by atoms with van der Waals surface area (Å²) in [6.07, 6.45) is -6.14. The minimum atomic E-state index is -6.14. The van der Waals surface area contributed by atoms with Crippen molar-refractivity contribution in [1.82, 2.24) is 0 Å². The second-order valence-corrected chi connectivity index (χ2v) is 4.13. The van der Waals surface area contributed by atoms with E-state index in [0.29, 0.717) is 6.07 Å². The van der Waals surface area contributed by atoms with E-state index in [0.717, 1.165) is 5.32 Å². The molecule has 1 amide bonds. The number of amides is 1. The predicted molar refractivity (Wildman–Crippen MR) is 53.7 cm³/mol. The summed E-state index contributed by atoms with van der Waals surface area (Å²) in [6, 6.07) is 0.737. The third-order valence-corrected chi connectivity index (χ3v) is 2.51. The van der Waals surface area contributed by atoms with Gasteiger partial charge in [0, 0.05) is 6.07 Å². The van der Waals surface area contributed by atoms with Gasteiger partial charge in [0.15, 0.2) is 0 Å². The molecule has 1 N–H and O–H groups in total. The van der Waals surface area contributed by atoms with Crippen molar-refractivity contribution in [3.63, 3.8) is 0 Å². The van der Waals surface area contributed by atoms with Gasteiger partial charge in [-0.15, -0.1) is 0 Å². The smallest absolute Gasteiger partial charge is 0.318 e. The van der Waals surface area contributed by atoms with Crippen LogP contribution in [-0.2, 0) is 4.79 Å². The third-order valence-electron chi connectivity index (χ3n) is 1.90. The highest BCUT2D eigenvalue weighted by Gasteiger charge is 2.63. The van der Waals surface area contributed by atoms with Gasteiger partial charge in [-0.05, 0) is 22.0 Å². The maximum absolute atomic E-state index is 13.1. The van der Waals surface area contributed by atoms with Crippen LogP contribution in [0, 0.1) is 11.6 Å². The number of halogens is 8. The van der Waals surface area contributed by atoms with Crippen molar-refractivity contribution in [2.24, 2.45) is 0 Å². The van der Waals surface area contributed by atoms with E-state index in [4.69, 9.17) is 0 Å². The van der Waals surface area contributed by atoms with Crippen molar-refractivity contribution >= 4 is 27.5 Å². The summed E-state index contributed by atoms with van der Waals surface area (Å²) in [5.41, 5.74) is -1.13. The summed E-state index contributed by atoms with van der Waals surface area (Å²) in [5.74, 6) is -11.0. The Morgan fingerprint density at radius 1 is 1.05 bits per heavy atom. The van der Waals surface area contributed by atoms with Crippen LogP contribution in [0.5, 0.6) is 0 Å². The summed E-state index contributed by atoms with van der Waals surface area (Å²) in [6.45, 7) is 0. The molecule has 1 aromatic carbocycles. The average Bonchev–Trinajstić information content (AvgIpc) is 2.24. The van der Waals surface area contributed by atoms with E-state index in [1.165, 1.54) is 0 Å². The fourth-order valence-corrected chi connectivity index (χ4v) is 1.26. The first-order chi connectivity index (χ1) is 8.46. The number of carbonyl (C=O) groups is 1. The van der Waals surface area contributed by atoms with Gasteiger partial charge in [-0.3, -0.25) is 4.79 Å². The van der Waals surface area contributed by atoms with Crippen molar-refractivity contribution in [2.75, 3.05) is 5.32 Å². The fourth-order valence-electron chi connectivity index (χ4n) is 0.948. The summed E-state index contributed by atoms with van der Waals surface area (Å²) in [7, 11) is 0. The molecule has 10 heteroatoms. The number of alkyl halides is 5. The van der Waals surface area contributed by atoms with Gasteiger partial charge in [-0.2, -0.15) is 22.0 Å². The fraction of sp³-hybridized carbons (Fsp3) is 0.222. The Labute approximate surface area is 109 Å². The second kappa shape index (κ2) is 4.99. The van der Waals surface area contributed by atoms with E-state index >= 15 is 0 Å². The summed E-state index contributed by atoms with van der Waals surface area (Å²) in [4.78, 5) is 10.7. The molecule has 0 aliphatic rings. The molecule has 0 spiro atoms. The molecule has 0 atom stereocenters. The molecule has 2 nitrogen and oxygen atoms in total. The molecule has 0 aromatic heterocycles. The molecule has 0 fully saturated rings. The van der Waals surface area contributed by atoms with Crippen LogP contribution in [0.2, 0.25) is 0 Å². The molecule has 0 saturated carbocycles. The Kier molecular flexibility index (Phi) is 4.13. The number of hydrogen-bond donors (Lipinski definition) is 1. The summed E-state index contributed by atoms with van der Waals surface area (Å²) < 4.78 is 86.4. The Bertz CT molecular complexity index is 514. The normalized spacial score (nSPS) is 12.4. The van der Waals surface area contributed by atoms with Gasteiger partial charge in [-0.1, -0.05) is 0 Å². The lowest BCUT2D eigenvalue weighted by atomic mass is 10.2. The van der Waals surface area contributed by atoms with Crippen molar-refractivity contribution in [3.8, 4) is 0 Å². The van der Waals surface area contributed by atoms with Crippen molar-refractivity contribution < 1.29 is 35.5 Å². The monoisotopic (exact) mass is 353 g/mol. The highest BCUT2D eigenvalue weighted by Crippen LogP contribution is 2.36. The van der Waals surface area contributed by atoms with Crippen molar-refractivity contribution in [3.05, 3.63) is 28.2 Å². The molecule has 19 heavy (non-hydrogen) atoms. The van der Waals surface area contributed by atoms with E-state index in [2.05, 4.69) is 15.9 Å². The summed E-state index contributed by atoms with van der Waals surface area (Å²) in [5, 5.41) is 0.980. The predicted octanol–water partition coefficient (Wildman–Crippen LogP) is 3.86. The number of rotatable bonds is 2. The van der Waals surface area contributed by atoms with Crippen LogP contribution in [0.4, 0.5) is 36.4 Å². The zero-order valence-corrected chi connectivity index (χ0v) is 10.2. The molecule has 0 unspecified atom stereocenters. The molecule has 0 bridgehead atoms. The highest BCUT2D eigenvalue weighted by molar-refractivity contribution is 9.10. The van der Waals surface area contributed by atoms with Gasteiger partial charge in [-0.25, -0.2) is 8.78 Å². The molecule has 0 aliphatic carbocycles. The zero-order valence-electron chi connectivity index (χ0n) is 8.59.